The van der Waals surface area contributed by atoms with Crippen molar-refractivity contribution in [1.82, 2.24) is 9.97 Å². The topological polar surface area (TPSA) is 45.8 Å². The first-order chi connectivity index (χ1) is 12.6. The normalized spacial score (nSPS) is 11.8. The van der Waals surface area contributed by atoms with Crippen LogP contribution in [-0.4, -0.2) is 9.97 Å². The summed E-state index contributed by atoms with van der Waals surface area (Å²) in [5.74, 6) is 0.383. The molecule has 0 amide bonds. The monoisotopic (exact) mass is 378 g/mol. The Morgan fingerprint density at radius 3 is 2.42 bits per heavy atom. The number of fused-ring (bicyclic) bond motifs is 1. The van der Waals surface area contributed by atoms with Crippen LogP contribution in [0.25, 0.3) is 32.5 Å². The quantitative estimate of drug-likeness (QED) is 0.497. The number of rotatable bonds is 3. The third kappa shape index (κ3) is 3.09. The summed E-state index contributed by atoms with van der Waals surface area (Å²) >= 11 is 7.92. The molecule has 0 saturated carbocycles. The van der Waals surface area contributed by atoms with Crippen LogP contribution in [0.3, 0.4) is 0 Å². The number of halogens is 1. The van der Waals surface area contributed by atoms with E-state index in [2.05, 4.69) is 9.97 Å². The molecule has 0 aliphatic rings. The predicted molar refractivity (Wildman–Crippen MR) is 111 cm³/mol. The number of aromatic nitrogens is 2. The standard InChI is InChI=1S/C21H15ClN2OS/c1-13-17(15-10-6-3-7-11-15)18-20(25)23-19(24-21(18)26-13)16(22)12-14-8-4-2-5-9-14/h2-12H,1H3,(H,23,24,25)/b16-12-. The molecule has 1 N–H and O–H groups in total. The van der Waals surface area contributed by atoms with E-state index in [1.807, 2.05) is 67.6 Å². The molecule has 0 saturated heterocycles. The fourth-order valence-corrected chi connectivity index (χ4v) is 4.21. The molecule has 0 spiro atoms. The lowest BCUT2D eigenvalue weighted by molar-refractivity contribution is 1.14. The number of H-pyrrole nitrogens is 1. The molecule has 2 aromatic carbocycles. The van der Waals surface area contributed by atoms with Gasteiger partial charge >= 0.3 is 0 Å². The molecule has 3 nitrogen and oxygen atoms in total. The van der Waals surface area contributed by atoms with Gasteiger partial charge in [-0.25, -0.2) is 4.98 Å². The van der Waals surface area contributed by atoms with Crippen molar-refractivity contribution in [3.8, 4) is 11.1 Å². The van der Waals surface area contributed by atoms with Gasteiger partial charge in [0.05, 0.1) is 10.4 Å². The first-order valence-electron chi connectivity index (χ1n) is 8.15. The van der Waals surface area contributed by atoms with E-state index >= 15 is 0 Å². The minimum atomic E-state index is -0.173. The molecule has 4 aromatic rings. The van der Waals surface area contributed by atoms with E-state index in [-0.39, 0.29) is 5.56 Å². The Morgan fingerprint density at radius 2 is 1.73 bits per heavy atom. The Labute approximate surface area is 159 Å². The minimum Gasteiger partial charge on any atom is -0.305 e. The van der Waals surface area contributed by atoms with Crippen LogP contribution < -0.4 is 5.56 Å². The predicted octanol–water partition coefficient (Wildman–Crippen LogP) is 5.70. The van der Waals surface area contributed by atoms with Crippen LogP contribution in [0.4, 0.5) is 0 Å². The van der Waals surface area contributed by atoms with Crippen molar-refractivity contribution in [1.29, 1.82) is 0 Å². The second-order valence-electron chi connectivity index (χ2n) is 5.90. The zero-order valence-corrected chi connectivity index (χ0v) is 15.6. The third-order valence-electron chi connectivity index (χ3n) is 4.12. The summed E-state index contributed by atoms with van der Waals surface area (Å²) in [6.45, 7) is 2.01. The number of aryl methyl sites for hydroxylation is 1. The summed E-state index contributed by atoms with van der Waals surface area (Å²) in [7, 11) is 0. The van der Waals surface area contributed by atoms with Crippen molar-refractivity contribution in [3.63, 3.8) is 0 Å². The first kappa shape index (κ1) is 16.8. The van der Waals surface area contributed by atoms with Crippen molar-refractivity contribution in [2.75, 3.05) is 0 Å². The molecule has 0 aliphatic carbocycles. The Balaban J connectivity index is 1.87. The number of benzene rings is 2. The van der Waals surface area contributed by atoms with Crippen LogP contribution in [0.1, 0.15) is 16.3 Å². The van der Waals surface area contributed by atoms with Crippen molar-refractivity contribution in [2.45, 2.75) is 6.92 Å². The Kier molecular flexibility index (Phi) is 4.45. The van der Waals surface area contributed by atoms with Crippen LogP contribution in [0.15, 0.2) is 65.5 Å². The number of hydrogen-bond acceptors (Lipinski definition) is 3. The highest BCUT2D eigenvalue weighted by Gasteiger charge is 2.17. The molecule has 4 rings (SSSR count). The molecule has 5 heteroatoms. The average molecular weight is 379 g/mol. The Hall–Kier alpha value is -2.69. The van der Waals surface area contributed by atoms with Crippen LogP contribution in [0, 0.1) is 6.92 Å². The summed E-state index contributed by atoms with van der Waals surface area (Å²) in [5, 5.41) is 1.02. The van der Waals surface area contributed by atoms with Gasteiger partial charge in [-0.2, -0.15) is 0 Å². The largest absolute Gasteiger partial charge is 0.305 e. The van der Waals surface area contributed by atoms with E-state index in [4.69, 9.17) is 11.6 Å². The van der Waals surface area contributed by atoms with Gasteiger partial charge < -0.3 is 4.98 Å². The molecular weight excluding hydrogens is 364 g/mol. The van der Waals surface area contributed by atoms with Crippen LogP contribution in [-0.2, 0) is 0 Å². The molecule has 128 valence electrons. The van der Waals surface area contributed by atoms with Gasteiger partial charge in [0.15, 0.2) is 5.82 Å². The molecule has 0 bridgehead atoms. The number of thiophene rings is 1. The number of nitrogens with one attached hydrogen (secondary N) is 1. The summed E-state index contributed by atoms with van der Waals surface area (Å²) in [5.41, 5.74) is 2.73. The lowest BCUT2D eigenvalue weighted by atomic mass is 10.0. The van der Waals surface area contributed by atoms with Crippen molar-refractivity contribution in [2.24, 2.45) is 0 Å². The summed E-state index contributed by atoms with van der Waals surface area (Å²) in [6, 6.07) is 19.6. The molecule has 0 aliphatic heterocycles. The average Bonchev–Trinajstić information content (AvgIpc) is 2.99. The maximum absolute atomic E-state index is 12.8. The van der Waals surface area contributed by atoms with E-state index in [0.717, 1.165) is 21.6 Å². The maximum Gasteiger partial charge on any atom is 0.260 e. The van der Waals surface area contributed by atoms with E-state index in [1.54, 1.807) is 6.08 Å². The lowest BCUT2D eigenvalue weighted by Gasteiger charge is -2.03. The lowest BCUT2D eigenvalue weighted by Crippen LogP contribution is -2.10. The highest BCUT2D eigenvalue weighted by molar-refractivity contribution is 7.19. The molecule has 2 aromatic heterocycles. The molecule has 2 heterocycles. The molecule has 26 heavy (non-hydrogen) atoms. The SMILES string of the molecule is Cc1sc2nc(/C(Cl)=C/c3ccccc3)[nH]c(=O)c2c1-c1ccccc1. The van der Waals surface area contributed by atoms with Gasteiger partial charge in [0.25, 0.3) is 5.56 Å². The summed E-state index contributed by atoms with van der Waals surface area (Å²) in [4.78, 5) is 22.0. The van der Waals surface area contributed by atoms with Gasteiger partial charge in [-0.3, -0.25) is 4.79 Å². The van der Waals surface area contributed by atoms with E-state index in [0.29, 0.717) is 21.1 Å². The maximum atomic E-state index is 12.8. The van der Waals surface area contributed by atoms with Gasteiger partial charge in [0.2, 0.25) is 0 Å². The zero-order chi connectivity index (χ0) is 18.1. The molecule has 0 atom stereocenters. The zero-order valence-electron chi connectivity index (χ0n) is 14.0. The van der Waals surface area contributed by atoms with Crippen LogP contribution in [0.5, 0.6) is 0 Å². The van der Waals surface area contributed by atoms with Gasteiger partial charge in [-0.1, -0.05) is 72.3 Å². The molecule has 0 fully saturated rings. The Bertz CT molecular complexity index is 1160. The van der Waals surface area contributed by atoms with Crippen LogP contribution >= 0.6 is 22.9 Å². The van der Waals surface area contributed by atoms with Gasteiger partial charge in [-0.05, 0) is 24.1 Å². The number of aromatic amines is 1. The molecular formula is C21H15ClN2OS. The van der Waals surface area contributed by atoms with Crippen molar-refractivity contribution >= 4 is 44.3 Å². The molecule has 0 unspecified atom stereocenters. The number of nitrogens with zero attached hydrogens (tertiary/aromatic N) is 1. The first-order valence-corrected chi connectivity index (χ1v) is 9.34. The highest BCUT2D eigenvalue weighted by Crippen LogP contribution is 2.35. The second-order valence-corrected chi connectivity index (χ2v) is 7.51. The van der Waals surface area contributed by atoms with Gasteiger partial charge in [0, 0.05) is 10.4 Å². The van der Waals surface area contributed by atoms with Gasteiger partial charge in [0.1, 0.15) is 4.83 Å². The smallest absolute Gasteiger partial charge is 0.260 e. The van der Waals surface area contributed by atoms with E-state index in [9.17, 15) is 4.79 Å². The van der Waals surface area contributed by atoms with Crippen LogP contribution in [0.2, 0.25) is 0 Å². The molecule has 0 radical (unpaired) electrons. The van der Waals surface area contributed by atoms with E-state index < -0.39 is 0 Å². The number of hydrogen-bond donors (Lipinski definition) is 1. The van der Waals surface area contributed by atoms with E-state index in [1.165, 1.54) is 11.3 Å². The highest BCUT2D eigenvalue weighted by atomic mass is 35.5. The fourth-order valence-electron chi connectivity index (χ4n) is 2.95. The van der Waals surface area contributed by atoms with Crippen molar-refractivity contribution < 1.29 is 0 Å². The second kappa shape index (κ2) is 6.90. The minimum absolute atomic E-state index is 0.173. The Morgan fingerprint density at radius 1 is 1.08 bits per heavy atom. The third-order valence-corrected chi connectivity index (χ3v) is 5.41. The summed E-state index contributed by atoms with van der Waals surface area (Å²) in [6.07, 6.45) is 1.80. The van der Waals surface area contributed by atoms with Crippen molar-refractivity contribution in [3.05, 3.63) is 87.3 Å². The van der Waals surface area contributed by atoms with Gasteiger partial charge in [-0.15, -0.1) is 11.3 Å². The summed E-state index contributed by atoms with van der Waals surface area (Å²) < 4.78 is 0. The fraction of sp³-hybridized carbons (Fsp3) is 0.0476.